The largest absolute Gasteiger partial charge is 0.508 e. The molecule has 6 aliphatic rings. The highest BCUT2D eigenvalue weighted by atomic mass is 19.4. The number of piperidine rings is 1. The van der Waals surface area contributed by atoms with Crippen molar-refractivity contribution < 1.29 is 18.3 Å². The smallest absolute Gasteiger partial charge is 0.408 e. The average molecular weight is 509 g/mol. The number of likely N-dealkylation sites (tertiary alicyclic amines) is 2. The van der Waals surface area contributed by atoms with Crippen molar-refractivity contribution >= 4 is 0 Å². The molecule has 2 aromatic rings. The molecule has 37 heavy (non-hydrogen) atoms. The van der Waals surface area contributed by atoms with E-state index in [0.717, 1.165) is 44.6 Å². The summed E-state index contributed by atoms with van der Waals surface area (Å²) in [7, 11) is 0. The zero-order valence-electron chi connectivity index (χ0n) is 21.1. The first-order valence-corrected chi connectivity index (χ1v) is 14.3. The van der Waals surface area contributed by atoms with Gasteiger partial charge in [0.1, 0.15) is 11.8 Å². The quantitative estimate of drug-likeness (QED) is 0.543. The van der Waals surface area contributed by atoms with E-state index in [1.165, 1.54) is 30.5 Å². The first-order chi connectivity index (χ1) is 17.8. The lowest BCUT2D eigenvalue weighted by molar-refractivity contribution is -0.197. The van der Waals surface area contributed by atoms with E-state index in [2.05, 4.69) is 11.0 Å². The van der Waals surface area contributed by atoms with Crippen molar-refractivity contribution in [3.63, 3.8) is 0 Å². The Hall–Kier alpha value is -2.05. The van der Waals surface area contributed by atoms with Crippen LogP contribution in [-0.4, -0.2) is 52.8 Å². The Morgan fingerprint density at radius 2 is 1.84 bits per heavy atom. The summed E-state index contributed by atoms with van der Waals surface area (Å²) < 4.78 is 44.2. The Morgan fingerprint density at radius 1 is 1.03 bits per heavy atom. The topological polar surface area (TPSA) is 26.7 Å². The van der Waals surface area contributed by atoms with Crippen molar-refractivity contribution in [2.24, 2.45) is 23.2 Å². The van der Waals surface area contributed by atoms with E-state index in [0.29, 0.717) is 23.9 Å². The second kappa shape index (κ2) is 7.53. The molecule has 0 aromatic heterocycles. The first-order valence-electron chi connectivity index (χ1n) is 14.3. The molecule has 2 heterocycles. The third kappa shape index (κ3) is 2.97. The molecule has 0 amide bonds. The highest BCUT2D eigenvalue weighted by Gasteiger charge is 2.76. The molecule has 0 radical (unpaired) electrons. The van der Waals surface area contributed by atoms with Gasteiger partial charge in [0.2, 0.25) is 0 Å². The number of nitrogens with zero attached hydrogens (tertiary/aromatic N) is 2. The molecular formula is C31H35F3N2O. The van der Waals surface area contributed by atoms with Gasteiger partial charge in [-0.15, -0.1) is 0 Å². The van der Waals surface area contributed by atoms with Crippen molar-refractivity contribution in [3.05, 3.63) is 65.2 Å². The van der Waals surface area contributed by atoms with Gasteiger partial charge in [0.25, 0.3) is 0 Å². The predicted molar refractivity (Wildman–Crippen MR) is 135 cm³/mol. The van der Waals surface area contributed by atoms with E-state index >= 15 is 0 Å². The van der Waals surface area contributed by atoms with Crippen molar-refractivity contribution in [3.8, 4) is 5.75 Å². The summed E-state index contributed by atoms with van der Waals surface area (Å²) in [5.41, 5.74) is 2.97. The number of hydrogen-bond donors (Lipinski definition) is 1. The minimum Gasteiger partial charge on any atom is -0.508 e. The van der Waals surface area contributed by atoms with Gasteiger partial charge in [-0.2, -0.15) is 13.2 Å². The molecule has 6 heteroatoms. The van der Waals surface area contributed by atoms with Crippen LogP contribution >= 0.6 is 0 Å². The fourth-order valence-electron chi connectivity index (χ4n) is 10.5. The zero-order valence-corrected chi connectivity index (χ0v) is 21.1. The third-order valence-corrected chi connectivity index (χ3v) is 11.6. The summed E-state index contributed by atoms with van der Waals surface area (Å²) in [6, 6.07) is 13.3. The maximum atomic E-state index is 14.7. The number of phenolic OH excluding ortho intramolecular Hbond substituents is 1. The van der Waals surface area contributed by atoms with E-state index < -0.39 is 12.2 Å². The van der Waals surface area contributed by atoms with Crippen LogP contribution in [0.2, 0.25) is 0 Å². The molecule has 3 saturated carbocycles. The standard InChI is InChI=1S/C31H35F3N2O/c32-31(33,34)28(20-4-2-1-3-5-20)36-18-22-16-29-11-10-25(36)27(22)30(29)12-13-35(17-19-6-7-19)26(29)14-21-8-9-23(37)15-24(21)30/h1-5,8-9,15,19,22,25-28,37H,6-7,10-14,16-18H2/t22-,25?,26?,27?,28+,29?,30?/m1/s1. The van der Waals surface area contributed by atoms with E-state index in [1.807, 2.05) is 17.0 Å². The highest BCUT2D eigenvalue weighted by molar-refractivity contribution is 5.51. The SMILES string of the molecule is Oc1ccc2c(c1)C13CCN(CC4CC4)C(C2)C12CCC1C3[C@@H](CN1[C@@H](c1ccccc1)C(F)(F)F)C2. The summed E-state index contributed by atoms with van der Waals surface area (Å²) in [4.78, 5) is 4.64. The summed E-state index contributed by atoms with van der Waals surface area (Å²) >= 11 is 0. The van der Waals surface area contributed by atoms with Gasteiger partial charge in [0, 0.05) is 30.6 Å². The van der Waals surface area contributed by atoms with Crippen LogP contribution in [-0.2, 0) is 11.8 Å². The predicted octanol–water partition coefficient (Wildman–Crippen LogP) is 6.07. The second-order valence-corrected chi connectivity index (χ2v) is 13.0. The fourth-order valence-corrected chi connectivity index (χ4v) is 10.5. The van der Waals surface area contributed by atoms with E-state index in [-0.39, 0.29) is 28.7 Å². The number of alkyl halides is 3. The average Bonchev–Trinajstić information content (AvgIpc) is 3.57. The molecule has 0 spiro atoms. The first kappa shape index (κ1) is 22.9. The number of phenols is 1. The van der Waals surface area contributed by atoms with Crippen LogP contribution in [0.1, 0.15) is 61.3 Å². The van der Waals surface area contributed by atoms with Crippen LogP contribution < -0.4 is 0 Å². The minimum absolute atomic E-state index is 0.0728. The highest BCUT2D eigenvalue weighted by Crippen LogP contribution is 2.76. The Labute approximate surface area is 216 Å². The van der Waals surface area contributed by atoms with E-state index in [9.17, 15) is 18.3 Å². The number of fused-ring (bicyclic) bond motifs is 1. The van der Waals surface area contributed by atoms with Crippen LogP contribution in [0.5, 0.6) is 5.75 Å². The second-order valence-electron chi connectivity index (χ2n) is 13.0. The maximum Gasteiger partial charge on any atom is 0.408 e. The third-order valence-electron chi connectivity index (χ3n) is 11.6. The molecule has 196 valence electrons. The summed E-state index contributed by atoms with van der Waals surface area (Å²) in [5, 5.41) is 10.6. The van der Waals surface area contributed by atoms with Gasteiger partial charge in [0.15, 0.2) is 0 Å². The molecule has 2 saturated heterocycles. The van der Waals surface area contributed by atoms with Gasteiger partial charge in [-0.1, -0.05) is 36.4 Å². The molecule has 7 atom stereocenters. The van der Waals surface area contributed by atoms with Gasteiger partial charge in [-0.25, -0.2) is 0 Å². The van der Waals surface area contributed by atoms with Gasteiger partial charge in [0.05, 0.1) is 0 Å². The molecule has 2 aliphatic heterocycles. The minimum atomic E-state index is -4.31. The molecule has 3 nitrogen and oxygen atoms in total. The molecule has 8 rings (SSSR count). The lowest BCUT2D eigenvalue weighted by Gasteiger charge is -2.67. The molecule has 4 aliphatic carbocycles. The number of benzene rings is 2. The van der Waals surface area contributed by atoms with Crippen molar-refractivity contribution in [1.82, 2.24) is 9.80 Å². The van der Waals surface area contributed by atoms with Crippen LogP contribution in [0.4, 0.5) is 13.2 Å². The Balaban J connectivity index is 1.26. The number of halogens is 3. The molecule has 2 aromatic carbocycles. The van der Waals surface area contributed by atoms with Crippen LogP contribution in [0.25, 0.3) is 0 Å². The number of hydrogen-bond acceptors (Lipinski definition) is 3. The Bertz CT molecular complexity index is 1230. The van der Waals surface area contributed by atoms with E-state index in [1.54, 1.807) is 30.3 Å². The van der Waals surface area contributed by atoms with Gasteiger partial charge >= 0.3 is 6.18 Å². The van der Waals surface area contributed by atoms with Crippen LogP contribution in [0, 0.1) is 23.2 Å². The van der Waals surface area contributed by atoms with Crippen molar-refractivity contribution in [2.75, 3.05) is 19.6 Å². The zero-order chi connectivity index (χ0) is 25.2. The van der Waals surface area contributed by atoms with Crippen LogP contribution in [0.15, 0.2) is 48.5 Å². The molecular weight excluding hydrogens is 473 g/mol. The Kier molecular flexibility index (Phi) is 4.66. The monoisotopic (exact) mass is 508 g/mol. The van der Waals surface area contributed by atoms with Crippen molar-refractivity contribution in [2.45, 2.75) is 74.7 Å². The number of rotatable bonds is 4. The lowest BCUT2D eigenvalue weighted by Crippen LogP contribution is -2.70. The van der Waals surface area contributed by atoms with Gasteiger partial charge < -0.3 is 5.11 Å². The molecule has 5 fully saturated rings. The molecule has 1 N–H and O–H groups in total. The van der Waals surface area contributed by atoms with Gasteiger partial charge in [-0.3, -0.25) is 9.80 Å². The van der Waals surface area contributed by atoms with Gasteiger partial charge in [-0.05, 0) is 103 Å². The normalized spacial score (nSPS) is 39.3. The van der Waals surface area contributed by atoms with Crippen molar-refractivity contribution in [1.29, 1.82) is 0 Å². The lowest BCUT2D eigenvalue weighted by atomic mass is 9.43. The summed E-state index contributed by atoms with van der Waals surface area (Å²) in [6.45, 7) is 2.75. The molecule has 5 unspecified atom stereocenters. The number of aromatic hydroxyl groups is 1. The maximum absolute atomic E-state index is 14.7. The fraction of sp³-hybridized carbons (Fsp3) is 0.613. The van der Waals surface area contributed by atoms with Crippen LogP contribution in [0.3, 0.4) is 0 Å². The summed E-state index contributed by atoms with van der Waals surface area (Å²) in [6.07, 6.45) is 3.29. The Morgan fingerprint density at radius 3 is 2.59 bits per heavy atom. The van der Waals surface area contributed by atoms with E-state index in [4.69, 9.17) is 0 Å². The summed E-state index contributed by atoms with van der Waals surface area (Å²) in [5.74, 6) is 1.63. The molecule has 4 bridgehead atoms.